The Morgan fingerprint density at radius 3 is 1.38 bits per heavy atom. The zero-order valence-electron chi connectivity index (χ0n) is 3.25. The van der Waals surface area contributed by atoms with E-state index in [1.807, 2.05) is 0 Å². The summed E-state index contributed by atoms with van der Waals surface area (Å²) in [5.74, 6) is 0. The van der Waals surface area contributed by atoms with Gasteiger partial charge in [-0.2, -0.15) is 0 Å². The molecule has 2 atom stereocenters. The molecule has 0 bridgehead atoms. The maximum atomic E-state index is 9.24. The van der Waals surface area contributed by atoms with Gasteiger partial charge in [0.2, 0.25) is 0 Å². The molecule has 0 aliphatic carbocycles. The molecule has 0 rings (SSSR count). The van der Waals surface area contributed by atoms with E-state index < -0.39 is 16.5 Å². The van der Waals surface area contributed by atoms with Gasteiger partial charge < -0.3 is 9.79 Å². The minimum atomic E-state index is -3.24. The summed E-state index contributed by atoms with van der Waals surface area (Å²) >= 11 is 0. The smallest absolute Gasteiger partial charge is 0.563 e. The van der Waals surface area contributed by atoms with Gasteiger partial charge in [0.05, 0.1) is 0 Å². The third-order valence-corrected chi connectivity index (χ3v) is 1.20. The van der Waals surface area contributed by atoms with E-state index in [2.05, 4.69) is 4.31 Å². The summed E-state index contributed by atoms with van der Waals surface area (Å²) in [6.45, 7) is 0. The summed E-state index contributed by atoms with van der Waals surface area (Å²) in [5, 5.41) is 0. The molecular formula is NiO5P2+2. The van der Waals surface area contributed by atoms with Gasteiger partial charge in [0.25, 0.3) is 0 Å². The largest absolute Gasteiger partial charge is 2.00 e. The van der Waals surface area contributed by atoms with Crippen LogP contribution in [0.15, 0.2) is 0 Å². The molecule has 8 heteroatoms. The molecule has 0 amide bonds. The van der Waals surface area contributed by atoms with Crippen molar-refractivity contribution in [2.75, 3.05) is 0 Å². The van der Waals surface area contributed by atoms with Crippen LogP contribution in [0, 0.1) is 0 Å². The van der Waals surface area contributed by atoms with Crippen molar-refractivity contribution < 1.29 is 39.7 Å². The predicted molar refractivity (Wildman–Crippen MR) is 16.3 cm³/mol. The molecule has 0 aromatic carbocycles. The van der Waals surface area contributed by atoms with Crippen LogP contribution < -0.4 is 9.79 Å². The van der Waals surface area contributed by atoms with Gasteiger partial charge in [-0.1, -0.05) is 0 Å². The van der Waals surface area contributed by atoms with Crippen molar-refractivity contribution in [3.8, 4) is 0 Å². The van der Waals surface area contributed by atoms with Crippen molar-refractivity contribution in [2.24, 2.45) is 0 Å². The van der Waals surface area contributed by atoms with Crippen LogP contribution in [0.4, 0.5) is 0 Å². The summed E-state index contributed by atoms with van der Waals surface area (Å²) in [6, 6.07) is 0. The number of hydrogen-bond acceptors (Lipinski definition) is 5. The Kier molecular flexibility index (Phi) is 8.12. The standard InChI is InChI=1S/Ni.O5P2/c;1-6(2)5-7(3)4/q+2;. The van der Waals surface area contributed by atoms with Gasteiger partial charge in [0, 0.05) is 0 Å². The fraction of sp³-hybridized carbons (Fsp3) is 0. The van der Waals surface area contributed by atoms with E-state index in [0.29, 0.717) is 0 Å². The molecule has 0 aromatic rings. The van der Waals surface area contributed by atoms with Gasteiger partial charge in [-0.3, -0.25) is 0 Å². The predicted octanol–water partition coefficient (Wildman–Crippen LogP) is -0.964. The number of rotatable bonds is 2. The minimum Gasteiger partial charge on any atom is -0.563 e. The molecule has 0 spiro atoms. The van der Waals surface area contributed by atoms with Gasteiger partial charge in [0.1, 0.15) is 4.31 Å². The molecule has 0 aromatic heterocycles. The first-order chi connectivity index (χ1) is 3.13. The molecule has 5 nitrogen and oxygen atoms in total. The van der Waals surface area contributed by atoms with Crippen LogP contribution in [-0.4, -0.2) is 0 Å². The fourth-order valence-electron chi connectivity index (χ4n) is 0.0544. The van der Waals surface area contributed by atoms with Gasteiger partial charge in [0.15, 0.2) is 0 Å². The quantitative estimate of drug-likeness (QED) is 0.423. The SMILES string of the molecule is O=[P+]([O-])O[P+](=O)[O-].[Ni+2]. The Morgan fingerprint density at radius 2 is 1.38 bits per heavy atom. The van der Waals surface area contributed by atoms with Crippen molar-refractivity contribution in [1.82, 2.24) is 0 Å². The third-order valence-electron chi connectivity index (χ3n) is 0.133. The molecule has 0 fully saturated rings. The van der Waals surface area contributed by atoms with Crippen LogP contribution in [-0.2, 0) is 29.9 Å². The van der Waals surface area contributed by atoms with Crippen molar-refractivity contribution in [3.05, 3.63) is 0 Å². The molecule has 0 heterocycles. The molecule has 0 N–H and O–H groups in total. The summed E-state index contributed by atoms with van der Waals surface area (Å²) in [6.07, 6.45) is 0. The maximum absolute atomic E-state index is 9.24. The molecule has 8 heavy (non-hydrogen) atoms. The van der Waals surface area contributed by atoms with Gasteiger partial charge >= 0.3 is 33.0 Å². The van der Waals surface area contributed by atoms with Crippen LogP contribution >= 0.6 is 16.5 Å². The van der Waals surface area contributed by atoms with Crippen LogP contribution in [0.3, 0.4) is 0 Å². The third kappa shape index (κ3) is 9.76. The zero-order valence-corrected chi connectivity index (χ0v) is 6.03. The molecule has 0 aliphatic rings. The fourth-order valence-corrected chi connectivity index (χ4v) is 0.490. The minimum absolute atomic E-state index is 0. The Balaban J connectivity index is 0. The second-order valence-electron chi connectivity index (χ2n) is 0.529. The first kappa shape index (κ1) is 11.4. The summed E-state index contributed by atoms with van der Waals surface area (Å²) in [7, 11) is -6.47. The van der Waals surface area contributed by atoms with Gasteiger partial charge in [-0.25, -0.2) is 0 Å². The van der Waals surface area contributed by atoms with Crippen molar-refractivity contribution >= 4 is 16.5 Å². The van der Waals surface area contributed by atoms with E-state index in [1.165, 1.54) is 0 Å². The normalized spacial score (nSPS) is 11.8. The van der Waals surface area contributed by atoms with Crippen molar-refractivity contribution in [1.29, 1.82) is 0 Å². The van der Waals surface area contributed by atoms with E-state index in [9.17, 15) is 18.9 Å². The monoisotopic (exact) mass is 200 g/mol. The van der Waals surface area contributed by atoms with Crippen LogP contribution in [0.2, 0.25) is 0 Å². The summed E-state index contributed by atoms with van der Waals surface area (Å²) in [5.41, 5.74) is 0. The van der Waals surface area contributed by atoms with Gasteiger partial charge in [-0.05, 0) is 9.13 Å². The maximum Gasteiger partial charge on any atom is 2.00 e. The van der Waals surface area contributed by atoms with Crippen LogP contribution in [0.5, 0.6) is 0 Å². The molecule has 0 saturated heterocycles. The second-order valence-corrected chi connectivity index (χ2v) is 2.08. The molecule has 0 radical (unpaired) electrons. The Bertz CT molecular complexity index is 86.6. The molecular weight excluding hydrogens is 201 g/mol. The zero-order chi connectivity index (χ0) is 5.86. The average molecular weight is 201 g/mol. The Morgan fingerprint density at radius 1 is 1.12 bits per heavy atom. The molecule has 2 unspecified atom stereocenters. The average Bonchev–Trinajstić information content (AvgIpc) is 1.27. The Labute approximate surface area is 56.9 Å². The van der Waals surface area contributed by atoms with E-state index in [1.54, 1.807) is 0 Å². The van der Waals surface area contributed by atoms with Crippen LogP contribution in [0.1, 0.15) is 0 Å². The second kappa shape index (κ2) is 5.71. The van der Waals surface area contributed by atoms with Crippen molar-refractivity contribution in [3.63, 3.8) is 0 Å². The molecule has 0 aliphatic heterocycles. The van der Waals surface area contributed by atoms with E-state index in [-0.39, 0.29) is 16.5 Å². The molecule has 48 valence electrons. The van der Waals surface area contributed by atoms with E-state index >= 15 is 0 Å². The van der Waals surface area contributed by atoms with Crippen molar-refractivity contribution in [2.45, 2.75) is 0 Å². The van der Waals surface area contributed by atoms with Gasteiger partial charge in [-0.15, -0.1) is 0 Å². The summed E-state index contributed by atoms with van der Waals surface area (Å²) in [4.78, 5) is 18.5. The Hall–Kier alpha value is 0.574. The summed E-state index contributed by atoms with van der Waals surface area (Å²) < 4.78 is 21.6. The topological polar surface area (TPSA) is 89.5 Å². The first-order valence-electron chi connectivity index (χ1n) is 1.10. The number of hydrogen-bond donors (Lipinski definition) is 0. The van der Waals surface area contributed by atoms with Crippen LogP contribution in [0.25, 0.3) is 0 Å². The molecule has 0 saturated carbocycles. The van der Waals surface area contributed by atoms with E-state index in [4.69, 9.17) is 0 Å². The first-order valence-corrected chi connectivity index (χ1v) is 3.29. The van der Waals surface area contributed by atoms with E-state index in [0.717, 1.165) is 0 Å².